The highest BCUT2D eigenvalue weighted by molar-refractivity contribution is 6.30. The van der Waals surface area contributed by atoms with Gasteiger partial charge in [0.2, 0.25) is 0 Å². The van der Waals surface area contributed by atoms with Crippen LogP contribution >= 0.6 is 11.6 Å². The Morgan fingerprint density at radius 3 is 2.05 bits per heavy atom. The van der Waals surface area contributed by atoms with Crippen LogP contribution < -0.4 is 4.74 Å². The Bertz CT molecular complexity index is 534. The van der Waals surface area contributed by atoms with Crippen molar-refractivity contribution >= 4 is 11.6 Å². The van der Waals surface area contributed by atoms with Crippen molar-refractivity contribution in [2.75, 3.05) is 7.11 Å². The third-order valence-corrected chi connectivity index (χ3v) is 3.83. The molecule has 2 aromatic carbocycles. The van der Waals surface area contributed by atoms with Gasteiger partial charge < -0.3 is 9.84 Å². The van der Waals surface area contributed by atoms with Crippen LogP contribution in [0.25, 0.3) is 0 Å². The van der Waals surface area contributed by atoms with E-state index >= 15 is 0 Å². The topological polar surface area (TPSA) is 29.5 Å². The van der Waals surface area contributed by atoms with E-state index in [-0.39, 0.29) is 5.92 Å². The second-order valence-corrected chi connectivity index (χ2v) is 5.22. The maximum Gasteiger partial charge on any atom is 0.118 e. The zero-order valence-corrected chi connectivity index (χ0v) is 12.5. The van der Waals surface area contributed by atoms with Crippen molar-refractivity contribution in [1.82, 2.24) is 0 Å². The molecule has 2 nitrogen and oxygen atoms in total. The standard InChI is InChI=1S/C17H19ClO2/c1-3-16(12-4-8-14(18)9-5-12)17(19)13-6-10-15(20-2)11-7-13/h4-11,16-17,19H,3H2,1-2H3. The number of aliphatic hydroxyl groups excluding tert-OH is 1. The first-order valence-corrected chi connectivity index (χ1v) is 7.11. The van der Waals surface area contributed by atoms with Gasteiger partial charge in [-0.3, -0.25) is 0 Å². The van der Waals surface area contributed by atoms with Gasteiger partial charge in [-0.2, -0.15) is 0 Å². The first-order valence-electron chi connectivity index (χ1n) is 6.73. The molecule has 0 aliphatic rings. The van der Waals surface area contributed by atoms with E-state index in [0.717, 1.165) is 23.3 Å². The van der Waals surface area contributed by atoms with Crippen LogP contribution in [-0.2, 0) is 0 Å². The number of methoxy groups -OCH3 is 1. The summed E-state index contributed by atoms with van der Waals surface area (Å²) in [6.45, 7) is 2.08. The zero-order valence-electron chi connectivity index (χ0n) is 11.7. The lowest BCUT2D eigenvalue weighted by atomic mass is 9.87. The lowest BCUT2D eigenvalue weighted by Crippen LogP contribution is -2.10. The highest BCUT2D eigenvalue weighted by Gasteiger charge is 2.21. The van der Waals surface area contributed by atoms with Gasteiger partial charge in [0.05, 0.1) is 13.2 Å². The minimum absolute atomic E-state index is 0.0562. The van der Waals surface area contributed by atoms with Gasteiger partial charge in [-0.15, -0.1) is 0 Å². The van der Waals surface area contributed by atoms with Gasteiger partial charge in [0, 0.05) is 10.9 Å². The number of ether oxygens (including phenoxy) is 1. The van der Waals surface area contributed by atoms with Gasteiger partial charge in [0.15, 0.2) is 0 Å². The van der Waals surface area contributed by atoms with Crippen LogP contribution in [0.3, 0.4) is 0 Å². The van der Waals surface area contributed by atoms with Crippen molar-refractivity contribution in [2.45, 2.75) is 25.4 Å². The molecule has 2 aromatic rings. The van der Waals surface area contributed by atoms with Gasteiger partial charge in [0.1, 0.15) is 5.75 Å². The van der Waals surface area contributed by atoms with Crippen LogP contribution in [0.5, 0.6) is 5.75 Å². The molecule has 0 heterocycles. The number of rotatable bonds is 5. The average Bonchev–Trinajstić information content (AvgIpc) is 2.50. The summed E-state index contributed by atoms with van der Waals surface area (Å²) >= 11 is 5.91. The highest BCUT2D eigenvalue weighted by atomic mass is 35.5. The van der Waals surface area contributed by atoms with Crippen LogP contribution in [0.1, 0.15) is 36.5 Å². The summed E-state index contributed by atoms with van der Waals surface area (Å²) in [5.74, 6) is 0.848. The molecule has 0 bridgehead atoms. The number of hydrogen-bond acceptors (Lipinski definition) is 2. The van der Waals surface area contributed by atoms with Crippen LogP contribution in [0.2, 0.25) is 5.02 Å². The van der Waals surface area contributed by atoms with E-state index in [2.05, 4.69) is 6.92 Å². The Morgan fingerprint density at radius 2 is 1.55 bits per heavy atom. The maximum absolute atomic E-state index is 10.6. The third kappa shape index (κ3) is 3.33. The van der Waals surface area contributed by atoms with Gasteiger partial charge in [-0.05, 0) is 41.8 Å². The quantitative estimate of drug-likeness (QED) is 0.873. The summed E-state index contributed by atoms with van der Waals surface area (Å²) in [5.41, 5.74) is 1.99. The summed E-state index contributed by atoms with van der Waals surface area (Å²) in [7, 11) is 1.63. The predicted molar refractivity (Wildman–Crippen MR) is 82.4 cm³/mol. The van der Waals surface area contributed by atoms with Crippen molar-refractivity contribution in [3.05, 3.63) is 64.7 Å². The number of aliphatic hydroxyl groups is 1. The van der Waals surface area contributed by atoms with Crippen molar-refractivity contribution < 1.29 is 9.84 Å². The van der Waals surface area contributed by atoms with Crippen LogP contribution in [0.4, 0.5) is 0 Å². The molecule has 3 heteroatoms. The summed E-state index contributed by atoms with van der Waals surface area (Å²) in [4.78, 5) is 0. The van der Waals surface area contributed by atoms with Crippen molar-refractivity contribution in [2.24, 2.45) is 0 Å². The molecule has 0 aliphatic carbocycles. The maximum atomic E-state index is 10.6. The molecule has 0 saturated heterocycles. The van der Waals surface area contributed by atoms with Gasteiger partial charge in [-0.25, -0.2) is 0 Å². The average molecular weight is 291 g/mol. The molecule has 106 valence electrons. The summed E-state index contributed by atoms with van der Waals surface area (Å²) in [6, 6.07) is 15.2. The largest absolute Gasteiger partial charge is 0.497 e. The normalized spacial score (nSPS) is 13.8. The van der Waals surface area contributed by atoms with E-state index < -0.39 is 6.10 Å². The smallest absolute Gasteiger partial charge is 0.118 e. The fourth-order valence-electron chi connectivity index (χ4n) is 2.38. The summed E-state index contributed by atoms with van der Waals surface area (Å²) < 4.78 is 5.14. The van der Waals surface area contributed by atoms with E-state index in [4.69, 9.17) is 16.3 Å². The van der Waals surface area contributed by atoms with Crippen molar-refractivity contribution in [1.29, 1.82) is 0 Å². The molecular formula is C17H19ClO2. The Hall–Kier alpha value is -1.51. The van der Waals surface area contributed by atoms with E-state index in [9.17, 15) is 5.11 Å². The molecule has 20 heavy (non-hydrogen) atoms. The fourth-order valence-corrected chi connectivity index (χ4v) is 2.51. The van der Waals surface area contributed by atoms with E-state index in [1.54, 1.807) is 7.11 Å². The molecule has 0 fully saturated rings. The molecule has 2 rings (SSSR count). The summed E-state index contributed by atoms with van der Waals surface area (Å²) in [6.07, 6.45) is 0.321. The van der Waals surface area contributed by atoms with Crippen LogP contribution in [0.15, 0.2) is 48.5 Å². The molecule has 0 aromatic heterocycles. The Labute approximate surface area is 125 Å². The highest BCUT2D eigenvalue weighted by Crippen LogP contribution is 2.34. The predicted octanol–water partition coefficient (Wildman–Crippen LogP) is 4.58. The Balaban J connectivity index is 2.23. The minimum Gasteiger partial charge on any atom is -0.497 e. The van der Waals surface area contributed by atoms with Crippen molar-refractivity contribution in [3.8, 4) is 5.75 Å². The molecule has 0 saturated carbocycles. The molecule has 0 aliphatic heterocycles. The van der Waals surface area contributed by atoms with Gasteiger partial charge in [0.25, 0.3) is 0 Å². The molecule has 0 amide bonds. The SMILES string of the molecule is CCC(c1ccc(Cl)cc1)C(O)c1ccc(OC)cc1. The minimum atomic E-state index is -0.535. The molecule has 0 radical (unpaired) electrons. The Morgan fingerprint density at radius 1 is 1.00 bits per heavy atom. The van der Waals surface area contributed by atoms with Crippen LogP contribution in [0, 0.1) is 0 Å². The van der Waals surface area contributed by atoms with E-state index in [1.807, 2.05) is 48.5 Å². The molecule has 2 atom stereocenters. The second-order valence-electron chi connectivity index (χ2n) is 4.78. The monoisotopic (exact) mass is 290 g/mol. The Kier molecular flexibility index (Phi) is 5.05. The first-order chi connectivity index (χ1) is 9.65. The van der Waals surface area contributed by atoms with Gasteiger partial charge in [-0.1, -0.05) is 42.8 Å². The van der Waals surface area contributed by atoms with Crippen molar-refractivity contribution in [3.63, 3.8) is 0 Å². The third-order valence-electron chi connectivity index (χ3n) is 3.58. The number of benzene rings is 2. The fraction of sp³-hybridized carbons (Fsp3) is 0.294. The number of hydrogen-bond donors (Lipinski definition) is 1. The number of halogens is 1. The lowest BCUT2D eigenvalue weighted by molar-refractivity contribution is 0.142. The molecule has 0 spiro atoms. The van der Waals surface area contributed by atoms with Crippen LogP contribution in [-0.4, -0.2) is 12.2 Å². The molecular weight excluding hydrogens is 272 g/mol. The first kappa shape index (κ1) is 14.9. The molecule has 2 unspecified atom stereocenters. The summed E-state index contributed by atoms with van der Waals surface area (Å²) in [5, 5.41) is 11.3. The molecule has 1 N–H and O–H groups in total. The van der Waals surface area contributed by atoms with Gasteiger partial charge >= 0.3 is 0 Å². The van der Waals surface area contributed by atoms with E-state index in [0.29, 0.717) is 5.02 Å². The lowest BCUT2D eigenvalue weighted by Gasteiger charge is -2.22. The van der Waals surface area contributed by atoms with E-state index in [1.165, 1.54) is 0 Å². The second kappa shape index (κ2) is 6.78. The zero-order chi connectivity index (χ0) is 14.5.